The summed E-state index contributed by atoms with van der Waals surface area (Å²) >= 11 is 0. The number of benzene rings is 1. The Kier molecular flexibility index (Phi) is 4.97. The predicted molar refractivity (Wildman–Crippen MR) is 77.2 cm³/mol. The van der Waals surface area contributed by atoms with Crippen LogP contribution in [0.3, 0.4) is 0 Å². The molecule has 1 heterocycles. The fourth-order valence-electron chi connectivity index (χ4n) is 2.63. The van der Waals surface area contributed by atoms with E-state index in [9.17, 15) is 5.11 Å². The third kappa shape index (κ3) is 3.35. The van der Waals surface area contributed by atoms with Gasteiger partial charge in [0.05, 0.1) is 12.7 Å². The number of aryl methyl sites for hydroxylation is 1. The summed E-state index contributed by atoms with van der Waals surface area (Å²) in [5, 5.41) is 10.5. The number of aliphatic hydroxyl groups excluding tert-OH is 1. The van der Waals surface area contributed by atoms with Gasteiger partial charge in [-0.15, -0.1) is 0 Å². The number of ether oxygens (including phenoxy) is 1. The fraction of sp³-hybridized carbons (Fsp3) is 0.625. The van der Waals surface area contributed by atoms with Crippen LogP contribution in [0.15, 0.2) is 24.3 Å². The third-order valence-electron chi connectivity index (χ3n) is 4.31. The Morgan fingerprint density at radius 2 is 2.05 bits per heavy atom. The number of hydrogen-bond acceptors (Lipinski definition) is 3. The van der Waals surface area contributed by atoms with Crippen LogP contribution in [0, 0.1) is 0 Å². The molecule has 1 aliphatic rings. The molecule has 0 aliphatic carbocycles. The average Bonchev–Trinajstić information content (AvgIpc) is 2.99. The number of rotatable bonds is 5. The summed E-state index contributed by atoms with van der Waals surface area (Å²) in [7, 11) is 2.08. The van der Waals surface area contributed by atoms with Crippen LogP contribution in [-0.2, 0) is 11.2 Å². The monoisotopic (exact) mass is 263 g/mol. The quantitative estimate of drug-likeness (QED) is 0.885. The van der Waals surface area contributed by atoms with E-state index in [0.29, 0.717) is 6.04 Å². The molecule has 0 saturated carbocycles. The minimum atomic E-state index is -0.448. The van der Waals surface area contributed by atoms with Crippen molar-refractivity contribution in [2.24, 2.45) is 0 Å². The summed E-state index contributed by atoms with van der Waals surface area (Å²) in [6.07, 6.45) is 1.64. The Balaban J connectivity index is 2.02. The number of hydrogen-bond donors (Lipinski definition) is 1. The summed E-state index contributed by atoms with van der Waals surface area (Å²) in [6, 6.07) is 8.81. The van der Waals surface area contributed by atoms with Gasteiger partial charge >= 0.3 is 0 Å². The van der Waals surface area contributed by atoms with Gasteiger partial charge in [-0.25, -0.2) is 0 Å². The van der Waals surface area contributed by atoms with Crippen molar-refractivity contribution in [3.63, 3.8) is 0 Å². The minimum Gasteiger partial charge on any atom is -0.387 e. The standard InChI is InChI=1S/C16H25NO2/c1-4-13-5-7-14(8-6-13)16(18)12(2)17(3)15-9-10-19-11-15/h5-8,12,15-16,18H,4,9-11H2,1-3H3. The maximum atomic E-state index is 10.5. The van der Waals surface area contributed by atoms with Gasteiger partial charge in [0.1, 0.15) is 0 Å². The van der Waals surface area contributed by atoms with Gasteiger partial charge in [0.25, 0.3) is 0 Å². The van der Waals surface area contributed by atoms with E-state index in [1.54, 1.807) is 0 Å². The Morgan fingerprint density at radius 3 is 2.58 bits per heavy atom. The lowest BCUT2D eigenvalue weighted by molar-refractivity contribution is 0.0447. The molecule has 0 aromatic heterocycles. The van der Waals surface area contributed by atoms with Crippen LogP contribution in [0.25, 0.3) is 0 Å². The fourth-order valence-corrected chi connectivity index (χ4v) is 2.63. The molecule has 3 heteroatoms. The molecule has 3 atom stereocenters. The molecule has 3 unspecified atom stereocenters. The molecular weight excluding hydrogens is 238 g/mol. The Bertz CT molecular complexity index is 384. The normalized spacial score (nSPS) is 22.7. The van der Waals surface area contributed by atoms with Crippen molar-refractivity contribution in [2.45, 2.75) is 44.9 Å². The van der Waals surface area contributed by atoms with E-state index in [1.807, 2.05) is 12.1 Å². The van der Waals surface area contributed by atoms with E-state index in [4.69, 9.17) is 4.74 Å². The highest BCUT2D eigenvalue weighted by Crippen LogP contribution is 2.24. The summed E-state index contributed by atoms with van der Waals surface area (Å²) in [5.41, 5.74) is 2.30. The first kappa shape index (κ1) is 14.5. The molecule has 0 amide bonds. The van der Waals surface area contributed by atoms with Crippen molar-refractivity contribution >= 4 is 0 Å². The van der Waals surface area contributed by atoms with Gasteiger partial charge in [-0.2, -0.15) is 0 Å². The molecule has 1 aromatic carbocycles. The highest BCUT2D eigenvalue weighted by molar-refractivity contribution is 5.25. The van der Waals surface area contributed by atoms with Crippen molar-refractivity contribution in [1.29, 1.82) is 0 Å². The van der Waals surface area contributed by atoms with Crippen molar-refractivity contribution in [2.75, 3.05) is 20.3 Å². The third-order valence-corrected chi connectivity index (χ3v) is 4.31. The average molecular weight is 263 g/mol. The molecule has 1 saturated heterocycles. The van der Waals surface area contributed by atoms with Crippen LogP contribution < -0.4 is 0 Å². The molecule has 1 aliphatic heterocycles. The van der Waals surface area contributed by atoms with E-state index in [0.717, 1.165) is 31.6 Å². The molecular formula is C16H25NO2. The second-order valence-electron chi connectivity index (χ2n) is 5.46. The SMILES string of the molecule is CCc1ccc(C(O)C(C)N(C)C2CCOC2)cc1. The van der Waals surface area contributed by atoms with Gasteiger partial charge in [0.2, 0.25) is 0 Å². The largest absolute Gasteiger partial charge is 0.387 e. The lowest BCUT2D eigenvalue weighted by Gasteiger charge is -2.33. The maximum Gasteiger partial charge on any atom is 0.0942 e. The van der Waals surface area contributed by atoms with Crippen LogP contribution >= 0.6 is 0 Å². The van der Waals surface area contributed by atoms with E-state index in [1.165, 1.54) is 5.56 Å². The minimum absolute atomic E-state index is 0.0965. The molecule has 0 bridgehead atoms. The highest BCUT2D eigenvalue weighted by Gasteiger charge is 2.28. The van der Waals surface area contributed by atoms with Crippen LogP contribution in [-0.4, -0.2) is 42.4 Å². The van der Waals surface area contributed by atoms with Gasteiger partial charge in [0.15, 0.2) is 0 Å². The Hall–Kier alpha value is -0.900. The molecule has 0 radical (unpaired) electrons. The predicted octanol–water partition coefficient (Wildman–Crippen LogP) is 2.39. The summed E-state index contributed by atoms with van der Waals surface area (Å²) in [5.74, 6) is 0. The first-order valence-corrected chi connectivity index (χ1v) is 7.20. The summed E-state index contributed by atoms with van der Waals surface area (Å²) in [6.45, 7) is 5.84. The Labute approximate surface area is 116 Å². The smallest absolute Gasteiger partial charge is 0.0942 e. The molecule has 0 spiro atoms. The molecule has 1 N–H and O–H groups in total. The second-order valence-corrected chi connectivity index (χ2v) is 5.46. The van der Waals surface area contributed by atoms with Crippen LogP contribution in [0.4, 0.5) is 0 Å². The van der Waals surface area contributed by atoms with E-state index >= 15 is 0 Å². The molecule has 19 heavy (non-hydrogen) atoms. The zero-order chi connectivity index (χ0) is 13.8. The van der Waals surface area contributed by atoms with Crippen molar-refractivity contribution in [3.05, 3.63) is 35.4 Å². The van der Waals surface area contributed by atoms with Gasteiger partial charge < -0.3 is 9.84 Å². The topological polar surface area (TPSA) is 32.7 Å². The molecule has 3 nitrogen and oxygen atoms in total. The first-order chi connectivity index (χ1) is 9.13. The van der Waals surface area contributed by atoms with Crippen LogP contribution in [0.2, 0.25) is 0 Å². The first-order valence-electron chi connectivity index (χ1n) is 7.20. The molecule has 2 rings (SSSR count). The van der Waals surface area contributed by atoms with Crippen molar-refractivity contribution in [1.82, 2.24) is 4.90 Å². The summed E-state index contributed by atoms with van der Waals surface area (Å²) in [4.78, 5) is 2.24. The molecule has 106 valence electrons. The molecule has 1 fully saturated rings. The molecule has 1 aromatic rings. The van der Waals surface area contributed by atoms with Gasteiger partial charge in [0, 0.05) is 18.7 Å². The highest BCUT2D eigenvalue weighted by atomic mass is 16.5. The zero-order valence-corrected chi connectivity index (χ0v) is 12.2. The van der Waals surface area contributed by atoms with E-state index in [2.05, 4.69) is 37.9 Å². The van der Waals surface area contributed by atoms with Gasteiger partial charge in [-0.1, -0.05) is 31.2 Å². The van der Waals surface area contributed by atoms with E-state index < -0.39 is 6.10 Å². The maximum absolute atomic E-state index is 10.5. The van der Waals surface area contributed by atoms with Crippen LogP contribution in [0.5, 0.6) is 0 Å². The van der Waals surface area contributed by atoms with Crippen molar-refractivity contribution < 1.29 is 9.84 Å². The van der Waals surface area contributed by atoms with Crippen molar-refractivity contribution in [3.8, 4) is 0 Å². The lowest BCUT2D eigenvalue weighted by Crippen LogP contribution is -2.42. The number of aliphatic hydroxyl groups is 1. The number of likely N-dealkylation sites (N-methyl/N-ethyl adjacent to an activating group) is 1. The Morgan fingerprint density at radius 1 is 1.37 bits per heavy atom. The zero-order valence-electron chi connectivity index (χ0n) is 12.2. The number of nitrogens with zero attached hydrogens (tertiary/aromatic N) is 1. The van der Waals surface area contributed by atoms with E-state index in [-0.39, 0.29) is 6.04 Å². The lowest BCUT2D eigenvalue weighted by atomic mass is 9.99. The van der Waals surface area contributed by atoms with Crippen LogP contribution in [0.1, 0.15) is 37.5 Å². The van der Waals surface area contributed by atoms with Gasteiger partial charge in [-0.3, -0.25) is 4.90 Å². The second kappa shape index (κ2) is 6.51. The van der Waals surface area contributed by atoms with Gasteiger partial charge in [-0.05, 0) is 37.9 Å². The summed E-state index contributed by atoms with van der Waals surface area (Å²) < 4.78 is 5.42.